The highest BCUT2D eigenvalue weighted by molar-refractivity contribution is 6.30. The van der Waals surface area contributed by atoms with E-state index in [2.05, 4.69) is 20.6 Å². The Morgan fingerprint density at radius 3 is 2.62 bits per heavy atom. The standard InChI is InChI=1S/C16H13ClF3N5O/c17-10-3-5-11(6-4-10)23-15(26)22-8-9-25-13-12(2-1-7-21-13)24-14(25)16(18,19)20/h1-7H,8-9H2,(H2,22,23,26). The van der Waals surface area contributed by atoms with Crippen molar-refractivity contribution in [3.05, 3.63) is 53.4 Å². The topological polar surface area (TPSA) is 71.8 Å². The van der Waals surface area contributed by atoms with Crippen LogP contribution in [0.5, 0.6) is 0 Å². The number of nitrogens with zero attached hydrogens (tertiary/aromatic N) is 3. The molecule has 3 rings (SSSR count). The van der Waals surface area contributed by atoms with Crippen molar-refractivity contribution in [1.29, 1.82) is 0 Å². The van der Waals surface area contributed by atoms with Gasteiger partial charge in [0.05, 0.1) is 0 Å². The van der Waals surface area contributed by atoms with Gasteiger partial charge in [-0.05, 0) is 36.4 Å². The van der Waals surface area contributed by atoms with E-state index in [-0.39, 0.29) is 24.3 Å². The fourth-order valence-corrected chi connectivity index (χ4v) is 2.50. The van der Waals surface area contributed by atoms with Crippen LogP contribution in [0, 0.1) is 0 Å². The molecular formula is C16H13ClF3N5O. The molecule has 2 heterocycles. The number of fused-ring (bicyclic) bond motifs is 1. The summed E-state index contributed by atoms with van der Waals surface area (Å²) in [6.45, 7) is -0.166. The Morgan fingerprint density at radius 1 is 1.19 bits per heavy atom. The minimum absolute atomic E-state index is 0.0372. The Kier molecular flexibility index (Phi) is 4.99. The van der Waals surface area contributed by atoms with Crippen molar-refractivity contribution in [2.45, 2.75) is 12.7 Å². The lowest BCUT2D eigenvalue weighted by Gasteiger charge is -2.12. The van der Waals surface area contributed by atoms with Crippen molar-refractivity contribution in [3.8, 4) is 0 Å². The van der Waals surface area contributed by atoms with Crippen LogP contribution in [0.2, 0.25) is 5.02 Å². The number of hydrogen-bond acceptors (Lipinski definition) is 3. The third-order valence-electron chi connectivity index (χ3n) is 3.48. The molecule has 3 aromatic rings. The van der Waals surface area contributed by atoms with Gasteiger partial charge in [0, 0.05) is 30.0 Å². The average Bonchev–Trinajstić information content (AvgIpc) is 2.96. The summed E-state index contributed by atoms with van der Waals surface area (Å²) in [5.41, 5.74) is 0.766. The molecule has 2 amide bonds. The zero-order chi connectivity index (χ0) is 18.7. The van der Waals surface area contributed by atoms with Gasteiger partial charge in [-0.3, -0.25) is 0 Å². The number of nitrogens with one attached hydrogen (secondary N) is 2. The van der Waals surface area contributed by atoms with Gasteiger partial charge in [0.15, 0.2) is 5.65 Å². The number of halogens is 4. The van der Waals surface area contributed by atoms with Gasteiger partial charge in [-0.25, -0.2) is 14.8 Å². The van der Waals surface area contributed by atoms with Crippen LogP contribution in [-0.4, -0.2) is 27.1 Å². The first-order valence-corrected chi connectivity index (χ1v) is 7.91. The van der Waals surface area contributed by atoms with Gasteiger partial charge in [-0.2, -0.15) is 13.2 Å². The molecule has 1 aromatic carbocycles. The summed E-state index contributed by atoms with van der Waals surface area (Å²) in [4.78, 5) is 19.4. The van der Waals surface area contributed by atoms with Crippen LogP contribution in [0.3, 0.4) is 0 Å². The fraction of sp³-hybridized carbons (Fsp3) is 0.188. The zero-order valence-electron chi connectivity index (χ0n) is 13.2. The SMILES string of the molecule is O=C(NCCn1c(C(F)(F)F)nc2cccnc21)Nc1ccc(Cl)cc1. The number of carbonyl (C=O) groups is 1. The first kappa shape index (κ1) is 18.0. The first-order chi connectivity index (χ1) is 12.3. The molecule has 0 saturated carbocycles. The molecule has 0 unspecified atom stereocenters. The minimum Gasteiger partial charge on any atom is -0.336 e. The molecule has 0 aliphatic heterocycles. The van der Waals surface area contributed by atoms with Crippen LogP contribution in [0.1, 0.15) is 5.82 Å². The predicted molar refractivity (Wildman–Crippen MR) is 91.0 cm³/mol. The Morgan fingerprint density at radius 2 is 1.92 bits per heavy atom. The molecule has 0 radical (unpaired) electrons. The van der Waals surface area contributed by atoms with Crippen LogP contribution >= 0.6 is 11.6 Å². The normalized spacial score (nSPS) is 11.5. The number of urea groups is 1. The third-order valence-corrected chi connectivity index (χ3v) is 3.73. The van der Waals surface area contributed by atoms with Gasteiger partial charge in [0.25, 0.3) is 0 Å². The van der Waals surface area contributed by atoms with Crippen LogP contribution < -0.4 is 10.6 Å². The summed E-state index contributed by atoms with van der Waals surface area (Å²) in [6, 6.07) is 8.85. The van der Waals surface area contributed by atoms with Crippen LogP contribution in [0.25, 0.3) is 11.2 Å². The molecule has 0 aliphatic carbocycles. The maximum Gasteiger partial charge on any atom is 0.449 e. The summed E-state index contributed by atoms with van der Waals surface area (Å²) in [5.74, 6) is -1.05. The van der Waals surface area contributed by atoms with E-state index in [1.54, 1.807) is 24.3 Å². The second-order valence-corrected chi connectivity index (χ2v) is 5.76. The van der Waals surface area contributed by atoms with Crippen molar-refractivity contribution < 1.29 is 18.0 Å². The predicted octanol–water partition coefficient (Wildman–Crippen LogP) is 3.93. The quantitative estimate of drug-likeness (QED) is 0.717. The molecule has 0 spiro atoms. The number of alkyl halides is 3. The molecule has 0 bridgehead atoms. The zero-order valence-corrected chi connectivity index (χ0v) is 14.0. The van der Waals surface area contributed by atoms with E-state index in [1.165, 1.54) is 18.3 Å². The van der Waals surface area contributed by atoms with E-state index >= 15 is 0 Å². The molecule has 0 fully saturated rings. The fourth-order valence-electron chi connectivity index (χ4n) is 2.38. The number of anilines is 1. The molecule has 2 N–H and O–H groups in total. The largest absolute Gasteiger partial charge is 0.449 e. The number of benzene rings is 1. The van der Waals surface area contributed by atoms with Crippen LogP contribution in [0.4, 0.5) is 23.7 Å². The van der Waals surface area contributed by atoms with Crippen molar-refractivity contribution >= 4 is 34.5 Å². The molecule has 136 valence electrons. The van der Waals surface area contributed by atoms with Gasteiger partial charge >= 0.3 is 12.2 Å². The molecule has 26 heavy (non-hydrogen) atoms. The Bertz CT molecular complexity index is 924. The van der Waals surface area contributed by atoms with E-state index in [0.717, 1.165) is 4.57 Å². The first-order valence-electron chi connectivity index (χ1n) is 7.53. The third kappa shape index (κ3) is 4.05. The molecular weight excluding hydrogens is 371 g/mol. The Hall–Kier alpha value is -2.81. The monoisotopic (exact) mass is 383 g/mol. The number of imidazole rings is 1. The number of rotatable bonds is 4. The van der Waals surface area contributed by atoms with Crippen LogP contribution in [0.15, 0.2) is 42.6 Å². The molecule has 0 saturated heterocycles. The molecule has 0 aliphatic rings. The van der Waals surface area contributed by atoms with Gasteiger partial charge in [-0.1, -0.05) is 11.6 Å². The maximum absolute atomic E-state index is 13.2. The highest BCUT2D eigenvalue weighted by Gasteiger charge is 2.37. The summed E-state index contributed by atoms with van der Waals surface area (Å²) in [7, 11) is 0. The molecule has 0 atom stereocenters. The lowest BCUT2D eigenvalue weighted by Crippen LogP contribution is -2.32. The van der Waals surface area contributed by atoms with Crippen molar-refractivity contribution in [2.75, 3.05) is 11.9 Å². The smallest absolute Gasteiger partial charge is 0.336 e. The van der Waals surface area contributed by atoms with Gasteiger partial charge in [0.1, 0.15) is 5.52 Å². The second kappa shape index (κ2) is 7.20. The average molecular weight is 384 g/mol. The maximum atomic E-state index is 13.2. The van der Waals surface area contributed by atoms with E-state index in [9.17, 15) is 18.0 Å². The van der Waals surface area contributed by atoms with Crippen molar-refractivity contribution in [2.24, 2.45) is 0 Å². The Labute approximate surface area is 151 Å². The van der Waals surface area contributed by atoms with E-state index in [4.69, 9.17) is 11.6 Å². The Balaban J connectivity index is 1.67. The lowest BCUT2D eigenvalue weighted by atomic mass is 10.3. The number of carbonyl (C=O) groups excluding carboxylic acids is 1. The van der Waals surface area contributed by atoms with Gasteiger partial charge in [-0.15, -0.1) is 0 Å². The summed E-state index contributed by atoms with van der Waals surface area (Å²) in [6.07, 6.45) is -3.23. The summed E-state index contributed by atoms with van der Waals surface area (Å²) in [5, 5.41) is 5.58. The number of hydrogen-bond donors (Lipinski definition) is 2. The molecule has 10 heteroatoms. The number of pyridine rings is 1. The molecule has 6 nitrogen and oxygen atoms in total. The number of amides is 2. The van der Waals surface area contributed by atoms with E-state index < -0.39 is 18.0 Å². The van der Waals surface area contributed by atoms with E-state index in [1.807, 2.05) is 0 Å². The van der Waals surface area contributed by atoms with Gasteiger partial charge < -0.3 is 15.2 Å². The number of aromatic nitrogens is 3. The van der Waals surface area contributed by atoms with Crippen LogP contribution in [-0.2, 0) is 12.7 Å². The summed E-state index contributed by atoms with van der Waals surface area (Å²) >= 11 is 5.75. The second-order valence-electron chi connectivity index (χ2n) is 5.32. The lowest BCUT2D eigenvalue weighted by molar-refractivity contribution is -0.146. The minimum atomic E-state index is -4.62. The van der Waals surface area contributed by atoms with E-state index in [0.29, 0.717) is 10.7 Å². The van der Waals surface area contributed by atoms with Gasteiger partial charge in [0.2, 0.25) is 5.82 Å². The molecule has 2 aromatic heterocycles. The summed E-state index contributed by atoms with van der Waals surface area (Å²) < 4.78 is 40.5. The highest BCUT2D eigenvalue weighted by atomic mass is 35.5. The highest BCUT2D eigenvalue weighted by Crippen LogP contribution is 2.30. The van der Waals surface area contributed by atoms with Crippen molar-refractivity contribution in [3.63, 3.8) is 0 Å². The van der Waals surface area contributed by atoms with Crippen molar-refractivity contribution in [1.82, 2.24) is 19.9 Å².